The van der Waals surface area contributed by atoms with E-state index in [4.69, 9.17) is 0 Å². The summed E-state index contributed by atoms with van der Waals surface area (Å²) in [5, 5.41) is 3.65. The molecule has 0 heterocycles. The van der Waals surface area contributed by atoms with Gasteiger partial charge in [-0.25, -0.2) is 0 Å². The van der Waals surface area contributed by atoms with Gasteiger partial charge in [-0.15, -0.1) is 0 Å². The molecule has 2 rings (SSSR count). The maximum absolute atomic E-state index is 3.65. The summed E-state index contributed by atoms with van der Waals surface area (Å²) in [6, 6.07) is 7.67. The summed E-state index contributed by atoms with van der Waals surface area (Å²) in [5.41, 5.74) is 4.25. The van der Waals surface area contributed by atoms with Gasteiger partial charge in [0, 0.05) is 31.4 Å². The number of anilines is 1. The molecule has 0 spiro atoms. The predicted octanol–water partition coefficient (Wildman–Crippen LogP) is 3.87. The molecule has 1 saturated carbocycles. The van der Waals surface area contributed by atoms with Gasteiger partial charge in [0.15, 0.2) is 0 Å². The van der Waals surface area contributed by atoms with E-state index in [-0.39, 0.29) is 0 Å². The Morgan fingerprint density at radius 2 is 2.05 bits per heavy atom. The minimum atomic E-state index is 0.777. The van der Waals surface area contributed by atoms with Gasteiger partial charge < -0.3 is 10.2 Å². The molecule has 1 aliphatic carbocycles. The van der Waals surface area contributed by atoms with Crippen molar-refractivity contribution >= 4 is 5.69 Å². The molecule has 0 amide bonds. The van der Waals surface area contributed by atoms with Gasteiger partial charge >= 0.3 is 0 Å². The zero-order valence-corrected chi connectivity index (χ0v) is 12.7. The summed E-state index contributed by atoms with van der Waals surface area (Å²) in [7, 11) is 0. The van der Waals surface area contributed by atoms with Crippen molar-refractivity contribution in [2.75, 3.05) is 18.0 Å². The van der Waals surface area contributed by atoms with Crippen LogP contribution in [-0.2, 0) is 6.54 Å². The van der Waals surface area contributed by atoms with E-state index in [1.807, 2.05) is 0 Å². The zero-order valence-electron chi connectivity index (χ0n) is 12.7. The molecule has 1 fully saturated rings. The SMILES string of the molecule is CCCCN(CC)c1ccc(C)cc1CNC1CC1. The summed E-state index contributed by atoms with van der Waals surface area (Å²) in [6.45, 7) is 10.00. The standard InChI is InChI=1S/C17H28N2/c1-4-6-11-19(5-2)17-10-7-14(3)12-15(17)13-18-16-8-9-16/h7,10,12,16,18H,4-6,8-9,11,13H2,1-3H3. The van der Waals surface area contributed by atoms with Crippen LogP contribution in [0.2, 0.25) is 0 Å². The van der Waals surface area contributed by atoms with Crippen LogP contribution in [0.15, 0.2) is 18.2 Å². The molecule has 0 aromatic heterocycles. The highest BCUT2D eigenvalue weighted by Gasteiger charge is 2.21. The molecule has 0 aliphatic heterocycles. The van der Waals surface area contributed by atoms with Crippen LogP contribution in [0.3, 0.4) is 0 Å². The molecule has 1 aromatic rings. The largest absolute Gasteiger partial charge is 0.372 e. The van der Waals surface area contributed by atoms with Crippen LogP contribution in [0.25, 0.3) is 0 Å². The zero-order chi connectivity index (χ0) is 13.7. The van der Waals surface area contributed by atoms with Gasteiger partial charge in [0.05, 0.1) is 0 Å². The normalized spacial score (nSPS) is 14.7. The van der Waals surface area contributed by atoms with Gasteiger partial charge in [-0.2, -0.15) is 0 Å². The number of rotatable bonds is 8. The third-order valence-corrected chi connectivity index (χ3v) is 3.90. The molecule has 0 atom stereocenters. The smallest absolute Gasteiger partial charge is 0.0411 e. The minimum absolute atomic E-state index is 0.777. The molecule has 0 unspecified atom stereocenters. The fraction of sp³-hybridized carbons (Fsp3) is 0.647. The molecular weight excluding hydrogens is 232 g/mol. The van der Waals surface area contributed by atoms with Crippen molar-refractivity contribution in [3.63, 3.8) is 0 Å². The Morgan fingerprint density at radius 3 is 2.68 bits per heavy atom. The maximum atomic E-state index is 3.65. The van der Waals surface area contributed by atoms with Crippen LogP contribution in [0.5, 0.6) is 0 Å². The van der Waals surface area contributed by atoms with Crippen molar-refractivity contribution < 1.29 is 0 Å². The van der Waals surface area contributed by atoms with Gasteiger partial charge in [-0.3, -0.25) is 0 Å². The Morgan fingerprint density at radius 1 is 1.26 bits per heavy atom. The molecule has 2 nitrogen and oxygen atoms in total. The maximum Gasteiger partial charge on any atom is 0.0411 e. The van der Waals surface area contributed by atoms with Crippen molar-refractivity contribution in [1.29, 1.82) is 0 Å². The Balaban J connectivity index is 2.10. The number of nitrogens with one attached hydrogen (secondary N) is 1. The lowest BCUT2D eigenvalue weighted by Crippen LogP contribution is -2.26. The average molecular weight is 260 g/mol. The first-order valence-electron chi connectivity index (χ1n) is 7.82. The van der Waals surface area contributed by atoms with Gasteiger partial charge in [-0.1, -0.05) is 31.0 Å². The van der Waals surface area contributed by atoms with Gasteiger partial charge in [-0.05, 0) is 44.7 Å². The highest BCUT2D eigenvalue weighted by molar-refractivity contribution is 5.55. The van der Waals surface area contributed by atoms with Crippen LogP contribution >= 0.6 is 0 Å². The highest BCUT2D eigenvalue weighted by atomic mass is 15.1. The molecule has 2 heteroatoms. The first kappa shape index (κ1) is 14.4. The number of hydrogen-bond donors (Lipinski definition) is 1. The predicted molar refractivity (Wildman–Crippen MR) is 83.8 cm³/mol. The molecule has 1 aromatic carbocycles. The van der Waals surface area contributed by atoms with Crippen molar-refractivity contribution in [3.8, 4) is 0 Å². The van der Waals surface area contributed by atoms with E-state index in [9.17, 15) is 0 Å². The summed E-state index contributed by atoms with van der Waals surface area (Å²) in [5.74, 6) is 0. The van der Waals surface area contributed by atoms with E-state index >= 15 is 0 Å². The Bertz CT molecular complexity index is 396. The molecule has 0 radical (unpaired) electrons. The van der Waals surface area contributed by atoms with Crippen LogP contribution in [0, 0.1) is 6.92 Å². The van der Waals surface area contributed by atoms with Crippen molar-refractivity contribution in [2.24, 2.45) is 0 Å². The number of aryl methyl sites for hydroxylation is 1. The Labute approximate surface area is 118 Å². The van der Waals surface area contributed by atoms with Crippen LogP contribution in [0.4, 0.5) is 5.69 Å². The Kier molecular flexibility index (Phi) is 5.26. The molecule has 1 aliphatic rings. The van der Waals surface area contributed by atoms with E-state index in [0.717, 1.165) is 19.1 Å². The number of unbranched alkanes of at least 4 members (excludes halogenated alkanes) is 1. The Hall–Kier alpha value is -1.02. The van der Waals surface area contributed by atoms with Crippen molar-refractivity contribution in [3.05, 3.63) is 29.3 Å². The number of hydrogen-bond acceptors (Lipinski definition) is 2. The van der Waals surface area contributed by atoms with E-state index in [2.05, 4.69) is 49.2 Å². The molecule has 0 saturated heterocycles. The van der Waals surface area contributed by atoms with Crippen LogP contribution in [-0.4, -0.2) is 19.1 Å². The second-order valence-electron chi connectivity index (χ2n) is 5.72. The highest BCUT2D eigenvalue weighted by Crippen LogP contribution is 2.25. The van der Waals surface area contributed by atoms with E-state index in [1.165, 1.54) is 49.0 Å². The first-order valence-corrected chi connectivity index (χ1v) is 7.82. The molecule has 106 valence electrons. The first-order chi connectivity index (χ1) is 9.24. The summed E-state index contributed by atoms with van der Waals surface area (Å²) in [6.07, 6.45) is 5.25. The van der Waals surface area contributed by atoms with Crippen molar-refractivity contribution in [1.82, 2.24) is 5.32 Å². The third-order valence-electron chi connectivity index (χ3n) is 3.90. The van der Waals surface area contributed by atoms with Gasteiger partial charge in [0.1, 0.15) is 0 Å². The molecule has 19 heavy (non-hydrogen) atoms. The number of nitrogens with zero attached hydrogens (tertiary/aromatic N) is 1. The molecule has 1 N–H and O–H groups in total. The summed E-state index contributed by atoms with van der Waals surface area (Å²) in [4.78, 5) is 2.52. The molecule has 0 bridgehead atoms. The lowest BCUT2D eigenvalue weighted by molar-refractivity contribution is 0.678. The fourth-order valence-electron chi connectivity index (χ4n) is 2.50. The second kappa shape index (κ2) is 6.95. The van der Waals surface area contributed by atoms with E-state index in [1.54, 1.807) is 0 Å². The monoisotopic (exact) mass is 260 g/mol. The summed E-state index contributed by atoms with van der Waals surface area (Å²) >= 11 is 0. The van der Waals surface area contributed by atoms with Gasteiger partial charge in [0.2, 0.25) is 0 Å². The lowest BCUT2D eigenvalue weighted by Gasteiger charge is -2.26. The lowest BCUT2D eigenvalue weighted by atomic mass is 10.1. The summed E-state index contributed by atoms with van der Waals surface area (Å²) < 4.78 is 0. The topological polar surface area (TPSA) is 15.3 Å². The van der Waals surface area contributed by atoms with E-state index in [0.29, 0.717) is 0 Å². The van der Waals surface area contributed by atoms with Crippen molar-refractivity contribution in [2.45, 2.75) is 59.0 Å². The minimum Gasteiger partial charge on any atom is -0.372 e. The second-order valence-corrected chi connectivity index (χ2v) is 5.72. The molecular formula is C17H28N2. The number of benzene rings is 1. The van der Waals surface area contributed by atoms with Crippen LogP contribution < -0.4 is 10.2 Å². The quantitative estimate of drug-likeness (QED) is 0.763. The third kappa shape index (κ3) is 4.24. The van der Waals surface area contributed by atoms with E-state index < -0.39 is 0 Å². The fourth-order valence-corrected chi connectivity index (χ4v) is 2.50. The van der Waals surface area contributed by atoms with Gasteiger partial charge in [0.25, 0.3) is 0 Å². The average Bonchev–Trinajstić information content (AvgIpc) is 3.23. The van der Waals surface area contributed by atoms with Crippen LogP contribution in [0.1, 0.15) is 50.7 Å².